The van der Waals surface area contributed by atoms with Crippen molar-refractivity contribution in [3.8, 4) is 11.1 Å². The van der Waals surface area contributed by atoms with Crippen molar-refractivity contribution in [2.75, 3.05) is 0 Å². The van der Waals surface area contributed by atoms with Crippen molar-refractivity contribution in [2.24, 2.45) is 0 Å². The van der Waals surface area contributed by atoms with Gasteiger partial charge in [-0.3, -0.25) is 0 Å². The summed E-state index contributed by atoms with van der Waals surface area (Å²) in [5, 5.41) is 4.02. The van der Waals surface area contributed by atoms with E-state index in [9.17, 15) is 0 Å². The molecule has 1 aliphatic heterocycles. The Bertz CT molecular complexity index is 1310. The Hall–Kier alpha value is -2.71. The predicted molar refractivity (Wildman–Crippen MR) is 160 cm³/mol. The van der Waals surface area contributed by atoms with Crippen molar-refractivity contribution in [3.63, 3.8) is 0 Å². The monoisotopic (exact) mass is 506 g/mol. The van der Waals surface area contributed by atoms with E-state index in [1.54, 1.807) is 0 Å². The Morgan fingerprint density at radius 1 is 0.622 bits per heavy atom. The first-order valence-electron chi connectivity index (χ1n) is 13.2. The minimum Gasteiger partial charge on any atom is -0.399 e. The molecule has 1 saturated heterocycles. The molecule has 1 heterocycles. The molecule has 0 aliphatic carbocycles. The van der Waals surface area contributed by atoms with E-state index in [0.29, 0.717) is 5.92 Å². The number of benzene rings is 4. The van der Waals surface area contributed by atoms with Crippen molar-refractivity contribution in [2.45, 2.75) is 58.7 Å². The van der Waals surface area contributed by atoms with Crippen LogP contribution in [-0.2, 0) is 9.31 Å². The zero-order valence-electron chi connectivity index (χ0n) is 22.7. The van der Waals surface area contributed by atoms with Gasteiger partial charge in [-0.25, -0.2) is 0 Å². The molecule has 1 aliphatic rings. The molecule has 37 heavy (non-hydrogen) atoms. The lowest BCUT2D eigenvalue weighted by atomic mass is 9.73. The summed E-state index contributed by atoms with van der Waals surface area (Å²) < 4.78 is 13.1. The Labute approximate surface area is 224 Å². The molecule has 188 valence electrons. The highest BCUT2D eigenvalue weighted by molar-refractivity contribution is 7.80. The van der Waals surface area contributed by atoms with Gasteiger partial charge in [-0.1, -0.05) is 117 Å². The molecular formula is C33H36BO2P. The lowest BCUT2D eigenvalue weighted by molar-refractivity contribution is 0.00578. The van der Waals surface area contributed by atoms with Gasteiger partial charge in [0.05, 0.1) is 11.2 Å². The molecule has 0 amide bonds. The normalized spacial score (nSPS) is 16.5. The van der Waals surface area contributed by atoms with E-state index in [0.717, 1.165) is 5.46 Å². The first-order chi connectivity index (χ1) is 17.7. The molecule has 0 spiro atoms. The molecule has 0 bridgehead atoms. The maximum Gasteiger partial charge on any atom is 0.495 e. The molecule has 0 saturated carbocycles. The van der Waals surface area contributed by atoms with Gasteiger partial charge >= 0.3 is 7.12 Å². The standard InChI is InChI=1S/C33H36BO2P/c1-24(2)25-21-22-30(34-35-32(3,4)33(5,6)36-34)29(23-25)28-19-13-14-20-31(28)37(26-15-9-7-10-16-26)27-17-11-8-12-18-27/h7-24H,1-6H3. The van der Waals surface area contributed by atoms with E-state index in [1.165, 1.54) is 32.6 Å². The van der Waals surface area contributed by atoms with Crippen LogP contribution in [0, 0.1) is 0 Å². The van der Waals surface area contributed by atoms with Gasteiger partial charge in [-0.2, -0.15) is 0 Å². The van der Waals surface area contributed by atoms with E-state index < -0.39 is 26.2 Å². The molecule has 0 radical (unpaired) electrons. The van der Waals surface area contributed by atoms with Crippen LogP contribution in [0.1, 0.15) is 53.0 Å². The third kappa shape index (κ3) is 5.06. The van der Waals surface area contributed by atoms with Gasteiger partial charge in [0.15, 0.2) is 0 Å². The maximum absolute atomic E-state index is 6.57. The lowest BCUT2D eigenvalue weighted by Gasteiger charge is -2.32. The molecule has 1 fully saturated rings. The molecule has 4 aromatic rings. The van der Waals surface area contributed by atoms with Gasteiger partial charge in [0, 0.05) is 0 Å². The fourth-order valence-electron chi connectivity index (χ4n) is 4.82. The van der Waals surface area contributed by atoms with Crippen LogP contribution >= 0.6 is 7.92 Å². The Morgan fingerprint density at radius 3 is 1.68 bits per heavy atom. The summed E-state index contributed by atoms with van der Waals surface area (Å²) in [7, 11) is -1.18. The lowest BCUT2D eigenvalue weighted by Crippen LogP contribution is -2.41. The summed E-state index contributed by atoms with van der Waals surface area (Å²) in [5.41, 5.74) is 4.05. The maximum atomic E-state index is 6.57. The van der Waals surface area contributed by atoms with Crippen LogP contribution < -0.4 is 21.4 Å². The van der Waals surface area contributed by atoms with Crippen molar-refractivity contribution in [1.82, 2.24) is 0 Å². The van der Waals surface area contributed by atoms with Crippen molar-refractivity contribution >= 4 is 36.4 Å². The summed E-state index contributed by atoms with van der Waals surface area (Å²) in [4.78, 5) is 0. The smallest absolute Gasteiger partial charge is 0.399 e. The highest BCUT2D eigenvalue weighted by Gasteiger charge is 2.52. The van der Waals surface area contributed by atoms with E-state index in [4.69, 9.17) is 9.31 Å². The molecule has 2 nitrogen and oxygen atoms in total. The molecule has 5 rings (SSSR count). The number of rotatable bonds is 6. The third-order valence-electron chi connectivity index (χ3n) is 7.72. The summed E-state index contributed by atoms with van der Waals surface area (Å²) in [6, 6.07) is 37.5. The first kappa shape index (κ1) is 25.9. The van der Waals surface area contributed by atoms with Crippen LogP contribution in [-0.4, -0.2) is 18.3 Å². The second-order valence-electron chi connectivity index (χ2n) is 11.1. The third-order valence-corrected chi connectivity index (χ3v) is 10.2. The average molecular weight is 506 g/mol. The zero-order valence-corrected chi connectivity index (χ0v) is 23.6. The summed E-state index contributed by atoms with van der Waals surface area (Å²) in [6.45, 7) is 13.0. The highest BCUT2D eigenvalue weighted by Crippen LogP contribution is 2.40. The van der Waals surface area contributed by atoms with E-state index in [2.05, 4.69) is 145 Å². The minimum atomic E-state index is -0.759. The summed E-state index contributed by atoms with van der Waals surface area (Å²) in [5.74, 6) is 0.419. The van der Waals surface area contributed by atoms with E-state index >= 15 is 0 Å². The largest absolute Gasteiger partial charge is 0.495 e. The van der Waals surface area contributed by atoms with Crippen molar-refractivity contribution in [1.29, 1.82) is 0 Å². The molecular weight excluding hydrogens is 470 g/mol. The first-order valence-corrected chi connectivity index (χ1v) is 14.5. The molecule has 4 aromatic carbocycles. The quantitative estimate of drug-likeness (QED) is 0.219. The number of hydrogen-bond donors (Lipinski definition) is 0. The second kappa shape index (κ2) is 10.2. The molecule has 0 unspecified atom stereocenters. The fourth-order valence-corrected chi connectivity index (χ4v) is 7.29. The average Bonchev–Trinajstić information content (AvgIpc) is 3.12. The fraction of sp³-hybridized carbons (Fsp3) is 0.273. The number of hydrogen-bond acceptors (Lipinski definition) is 2. The zero-order chi connectivity index (χ0) is 26.2. The molecule has 0 atom stereocenters. The van der Waals surface area contributed by atoms with Crippen LogP contribution in [0.2, 0.25) is 0 Å². The van der Waals surface area contributed by atoms with Crippen LogP contribution in [0.4, 0.5) is 0 Å². The van der Waals surface area contributed by atoms with Gasteiger partial charge in [0.2, 0.25) is 0 Å². The van der Waals surface area contributed by atoms with E-state index in [-0.39, 0.29) is 0 Å². The Morgan fingerprint density at radius 2 is 1.14 bits per heavy atom. The second-order valence-corrected chi connectivity index (χ2v) is 13.3. The van der Waals surface area contributed by atoms with Gasteiger partial charge in [-0.05, 0) is 79.6 Å². The SMILES string of the molecule is CC(C)c1ccc(B2OC(C)(C)C(C)(C)O2)c(-c2ccccc2P(c2ccccc2)c2ccccc2)c1. The van der Waals surface area contributed by atoms with Crippen molar-refractivity contribution < 1.29 is 9.31 Å². The van der Waals surface area contributed by atoms with Gasteiger partial charge in [-0.15, -0.1) is 0 Å². The summed E-state index contributed by atoms with van der Waals surface area (Å²) >= 11 is 0. The van der Waals surface area contributed by atoms with Crippen molar-refractivity contribution in [3.05, 3.63) is 109 Å². The predicted octanol–water partition coefficient (Wildman–Crippen LogP) is 6.53. The van der Waals surface area contributed by atoms with Crippen LogP contribution in [0.5, 0.6) is 0 Å². The topological polar surface area (TPSA) is 18.5 Å². The van der Waals surface area contributed by atoms with Gasteiger partial charge in [0.25, 0.3) is 0 Å². The van der Waals surface area contributed by atoms with E-state index in [1.807, 2.05) is 0 Å². The van der Waals surface area contributed by atoms with Gasteiger partial charge in [0.1, 0.15) is 0 Å². The molecule has 4 heteroatoms. The van der Waals surface area contributed by atoms with Crippen LogP contribution in [0.15, 0.2) is 103 Å². The summed E-state index contributed by atoms with van der Waals surface area (Å²) in [6.07, 6.45) is 0. The Balaban J connectivity index is 1.72. The minimum absolute atomic E-state index is 0.397. The highest BCUT2D eigenvalue weighted by atomic mass is 31.1. The Kier molecular flexibility index (Phi) is 7.16. The van der Waals surface area contributed by atoms with Crippen LogP contribution in [0.25, 0.3) is 11.1 Å². The molecule has 0 N–H and O–H groups in total. The molecule has 0 aromatic heterocycles. The van der Waals surface area contributed by atoms with Crippen LogP contribution in [0.3, 0.4) is 0 Å². The van der Waals surface area contributed by atoms with Gasteiger partial charge < -0.3 is 9.31 Å².